The lowest BCUT2D eigenvalue weighted by Gasteiger charge is -2.15. The lowest BCUT2D eigenvalue weighted by molar-refractivity contribution is 0.100. The number of rotatable bonds is 6. The van der Waals surface area contributed by atoms with Gasteiger partial charge < -0.3 is 15.8 Å². The molecule has 0 saturated heterocycles. The van der Waals surface area contributed by atoms with Crippen LogP contribution in [-0.4, -0.2) is 22.0 Å². The number of aromatic nitrogens is 2. The average Bonchev–Trinajstić information content (AvgIpc) is 3.13. The fourth-order valence-electron chi connectivity index (χ4n) is 2.23. The second-order valence-electron chi connectivity index (χ2n) is 5.65. The van der Waals surface area contributed by atoms with Crippen molar-refractivity contribution in [2.24, 2.45) is 5.73 Å². The van der Waals surface area contributed by atoms with Gasteiger partial charge in [0, 0.05) is 28.9 Å². The Kier molecular flexibility index (Phi) is 7.31. The van der Waals surface area contributed by atoms with Crippen molar-refractivity contribution in [3.05, 3.63) is 53.7 Å². The van der Waals surface area contributed by atoms with Crippen LogP contribution in [0.2, 0.25) is 0 Å². The number of carbonyl (C=O) groups excluding carboxylic acids is 1. The number of thiazole rings is 1. The van der Waals surface area contributed by atoms with Crippen LogP contribution in [0.25, 0.3) is 11.3 Å². The van der Waals surface area contributed by atoms with Gasteiger partial charge in [-0.3, -0.25) is 9.78 Å². The minimum atomic E-state index is -0.491. The van der Waals surface area contributed by atoms with Gasteiger partial charge in [-0.2, -0.15) is 0 Å². The molecule has 142 valence electrons. The number of hydrogen-bond acceptors (Lipinski definition) is 6. The Morgan fingerprint density at radius 1 is 1.26 bits per heavy atom. The molecule has 0 atom stereocenters. The third-order valence-electron chi connectivity index (χ3n) is 3.33. The molecule has 3 rings (SSSR count). The van der Waals surface area contributed by atoms with Crippen molar-refractivity contribution in [2.45, 2.75) is 33.8 Å². The number of nitrogens with zero attached hydrogens (tertiary/aromatic N) is 2. The molecule has 2 aromatic heterocycles. The van der Waals surface area contributed by atoms with Crippen LogP contribution in [0.4, 0.5) is 10.8 Å². The highest BCUT2D eigenvalue weighted by Crippen LogP contribution is 2.32. The zero-order valence-corrected chi connectivity index (χ0v) is 16.7. The minimum Gasteiger partial charge on any atom is -0.489 e. The predicted octanol–water partition coefficient (Wildman–Crippen LogP) is 4.86. The van der Waals surface area contributed by atoms with Gasteiger partial charge in [-0.25, -0.2) is 4.98 Å². The van der Waals surface area contributed by atoms with E-state index in [1.807, 2.05) is 45.2 Å². The van der Waals surface area contributed by atoms with E-state index in [9.17, 15) is 4.79 Å². The topological polar surface area (TPSA) is 90.1 Å². The fraction of sp³-hybridized carbons (Fsp3) is 0.250. The van der Waals surface area contributed by atoms with Gasteiger partial charge in [0.25, 0.3) is 0 Å². The molecule has 0 fully saturated rings. The second-order valence-corrected chi connectivity index (χ2v) is 6.50. The molecule has 0 aliphatic carbocycles. The summed E-state index contributed by atoms with van der Waals surface area (Å²) in [6.45, 7) is 7.88. The van der Waals surface area contributed by atoms with E-state index in [0.29, 0.717) is 22.1 Å². The molecule has 1 amide bonds. The lowest BCUT2D eigenvalue weighted by Crippen LogP contribution is -2.12. The number of carbonyl (C=O) groups is 1. The van der Waals surface area contributed by atoms with Crippen molar-refractivity contribution in [1.82, 2.24) is 9.97 Å². The number of pyridine rings is 1. The largest absolute Gasteiger partial charge is 0.489 e. The highest BCUT2D eigenvalue weighted by molar-refractivity contribution is 7.14. The van der Waals surface area contributed by atoms with Crippen LogP contribution in [0.15, 0.2) is 48.1 Å². The molecule has 0 radical (unpaired) electrons. The van der Waals surface area contributed by atoms with E-state index in [0.717, 1.165) is 11.3 Å². The number of primary amides is 1. The highest BCUT2D eigenvalue weighted by Gasteiger charge is 2.12. The van der Waals surface area contributed by atoms with Crippen molar-refractivity contribution in [1.29, 1.82) is 0 Å². The molecule has 0 spiro atoms. The van der Waals surface area contributed by atoms with Crippen molar-refractivity contribution in [3.63, 3.8) is 0 Å². The van der Waals surface area contributed by atoms with E-state index in [-0.39, 0.29) is 6.10 Å². The van der Waals surface area contributed by atoms with Crippen LogP contribution in [0.1, 0.15) is 38.1 Å². The number of ether oxygens (including phenoxy) is 1. The molecule has 1 aromatic carbocycles. The van der Waals surface area contributed by atoms with Crippen molar-refractivity contribution < 1.29 is 9.53 Å². The molecule has 7 heteroatoms. The molecule has 0 bridgehead atoms. The van der Waals surface area contributed by atoms with E-state index < -0.39 is 5.91 Å². The molecule has 3 aromatic rings. The Balaban J connectivity index is 0.00000126. The van der Waals surface area contributed by atoms with Gasteiger partial charge in [0.1, 0.15) is 5.75 Å². The summed E-state index contributed by atoms with van der Waals surface area (Å²) in [5, 5.41) is 5.85. The zero-order valence-electron chi connectivity index (χ0n) is 15.9. The van der Waals surface area contributed by atoms with Gasteiger partial charge in [0.15, 0.2) is 5.13 Å². The van der Waals surface area contributed by atoms with E-state index in [4.69, 9.17) is 10.5 Å². The quantitative estimate of drug-likeness (QED) is 0.633. The first kappa shape index (κ1) is 20.4. The number of hydrogen-bond donors (Lipinski definition) is 2. The fourth-order valence-corrected chi connectivity index (χ4v) is 2.96. The molecule has 0 aliphatic rings. The van der Waals surface area contributed by atoms with Gasteiger partial charge >= 0.3 is 0 Å². The molecule has 2 heterocycles. The van der Waals surface area contributed by atoms with Crippen LogP contribution in [0.5, 0.6) is 5.75 Å². The summed E-state index contributed by atoms with van der Waals surface area (Å²) < 4.78 is 5.80. The van der Waals surface area contributed by atoms with Gasteiger partial charge in [0.2, 0.25) is 5.91 Å². The van der Waals surface area contributed by atoms with Gasteiger partial charge in [-0.05, 0) is 44.2 Å². The molecule has 0 aliphatic heterocycles. The second kappa shape index (κ2) is 9.68. The summed E-state index contributed by atoms with van der Waals surface area (Å²) in [4.78, 5) is 20.1. The first-order valence-corrected chi connectivity index (χ1v) is 9.64. The Bertz CT molecular complexity index is 879. The summed E-state index contributed by atoms with van der Waals surface area (Å²) in [6.07, 6.45) is 3.49. The Morgan fingerprint density at radius 2 is 2.04 bits per heavy atom. The highest BCUT2D eigenvalue weighted by atomic mass is 32.1. The Morgan fingerprint density at radius 3 is 2.67 bits per heavy atom. The summed E-state index contributed by atoms with van der Waals surface area (Å²) in [6, 6.07) is 8.87. The zero-order chi connectivity index (χ0) is 19.8. The summed E-state index contributed by atoms with van der Waals surface area (Å²) in [7, 11) is 0. The van der Waals surface area contributed by atoms with Gasteiger partial charge in [-0.15, -0.1) is 11.3 Å². The Hall–Kier alpha value is -2.93. The average molecular weight is 385 g/mol. The first-order valence-electron chi connectivity index (χ1n) is 8.76. The van der Waals surface area contributed by atoms with Gasteiger partial charge in [0.05, 0.1) is 17.5 Å². The maximum atomic E-state index is 11.5. The van der Waals surface area contributed by atoms with Crippen LogP contribution in [0, 0.1) is 0 Å². The van der Waals surface area contributed by atoms with Gasteiger partial charge in [-0.1, -0.05) is 13.8 Å². The van der Waals surface area contributed by atoms with E-state index >= 15 is 0 Å². The number of nitrogens with one attached hydrogen (secondary N) is 1. The molecule has 6 nitrogen and oxygen atoms in total. The van der Waals surface area contributed by atoms with Crippen molar-refractivity contribution >= 4 is 28.1 Å². The molecular weight excluding hydrogens is 360 g/mol. The minimum absolute atomic E-state index is 0.00206. The summed E-state index contributed by atoms with van der Waals surface area (Å²) in [5.74, 6) is 0.146. The molecule has 3 N–H and O–H groups in total. The third kappa shape index (κ3) is 5.52. The van der Waals surface area contributed by atoms with E-state index in [2.05, 4.69) is 15.3 Å². The normalized spacial score (nSPS) is 10.1. The summed E-state index contributed by atoms with van der Waals surface area (Å²) >= 11 is 1.46. The first-order chi connectivity index (χ1) is 13.0. The number of nitrogens with two attached hydrogens (primary N) is 1. The Labute approximate surface area is 163 Å². The van der Waals surface area contributed by atoms with Crippen LogP contribution in [0.3, 0.4) is 0 Å². The van der Waals surface area contributed by atoms with E-state index in [1.165, 1.54) is 11.3 Å². The van der Waals surface area contributed by atoms with Crippen molar-refractivity contribution in [2.75, 3.05) is 5.32 Å². The molecule has 0 saturated carbocycles. The van der Waals surface area contributed by atoms with Crippen LogP contribution >= 0.6 is 11.3 Å². The smallest absolute Gasteiger partial charge is 0.248 e. The maximum Gasteiger partial charge on any atom is 0.248 e. The third-order valence-corrected chi connectivity index (χ3v) is 4.09. The van der Waals surface area contributed by atoms with Crippen LogP contribution in [-0.2, 0) is 0 Å². The monoisotopic (exact) mass is 384 g/mol. The number of amides is 1. The standard InChI is InChI=1S/C18H18N4O2S.C2H6/c1-11(2)24-16-6-5-12(17(19)23)8-14(16)21-18-22-15(10-25-18)13-4-3-7-20-9-13;1-2/h3-11H,1-2H3,(H2,19,23)(H,21,22);1-2H3. The van der Waals surface area contributed by atoms with Crippen LogP contribution < -0.4 is 15.8 Å². The SMILES string of the molecule is CC.CC(C)Oc1ccc(C(N)=O)cc1Nc1nc(-c2cccnc2)cs1. The number of benzene rings is 1. The maximum absolute atomic E-state index is 11.5. The summed E-state index contributed by atoms with van der Waals surface area (Å²) in [5.41, 5.74) is 8.21. The lowest BCUT2D eigenvalue weighted by atomic mass is 10.1. The number of anilines is 2. The van der Waals surface area contributed by atoms with Crippen molar-refractivity contribution in [3.8, 4) is 17.0 Å². The molecule has 0 unspecified atom stereocenters. The molecule has 27 heavy (non-hydrogen) atoms. The van der Waals surface area contributed by atoms with E-state index in [1.54, 1.807) is 30.6 Å². The molecular formula is C20H24N4O2S. The predicted molar refractivity (Wildman–Crippen MR) is 111 cm³/mol.